The van der Waals surface area contributed by atoms with Crippen LogP contribution in [0.1, 0.15) is 18.1 Å². The van der Waals surface area contributed by atoms with Crippen molar-refractivity contribution in [2.45, 2.75) is 18.8 Å². The van der Waals surface area contributed by atoms with Crippen LogP contribution < -0.4 is 10.5 Å². The van der Waals surface area contributed by atoms with Crippen molar-refractivity contribution in [2.24, 2.45) is 5.73 Å². The first-order valence-corrected chi connectivity index (χ1v) is 5.44. The van der Waals surface area contributed by atoms with E-state index in [4.69, 9.17) is 19.9 Å². The molecule has 0 bridgehead atoms. The third-order valence-electron chi connectivity index (χ3n) is 2.62. The summed E-state index contributed by atoms with van der Waals surface area (Å²) in [5.74, 6) is 0.836. The van der Waals surface area contributed by atoms with Gasteiger partial charge in [-0.15, -0.1) is 0 Å². The van der Waals surface area contributed by atoms with Crippen molar-refractivity contribution in [1.29, 1.82) is 0 Å². The molecule has 2 rings (SSSR count). The number of methoxy groups -OCH3 is 1. The molecule has 0 saturated carbocycles. The predicted octanol–water partition coefficient (Wildman–Crippen LogP) is 1.46. The Labute approximate surface area is 95.3 Å². The molecule has 1 aliphatic heterocycles. The van der Waals surface area contributed by atoms with E-state index in [1.165, 1.54) is 0 Å². The first-order chi connectivity index (χ1) is 7.83. The van der Waals surface area contributed by atoms with Gasteiger partial charge in [-0.25, -0.2) is 0 Å². The summed E-state index contributed by atoms with van der Waals surface area (Å²) in [6.07, 6.45) is 0.563. The standard InChI is InChI=1S/C12H17NO3/c1-14-10-4-2-3-9(7-10)11-8-15-12(16-11)5-6-13/h2-4,7,11-12H,5-6,8,13H2,1H3. The molecule has 2 N–H and O–H groups in total. The molecule has 1 saturated heterocycles. The lowest BCUT2D eigenvalue weighted by Gasteiger charge is -2.11. The molecule has 4 nitrogen and oxygen atoms in total. The Morgan fingerprint density at radius 2 is 2.38 bits per heavy atom. The summed E-state index contributed by atoms with van der Waals surface area (Å²) in [6, 6.07) is 7.85. The predicted molar refractivity (Wildman–Crippen MR) is 60.2 cm³/mol. The Balaban J connectivity index is 2.02. The van der Waals surface area contributed by atoms with Crippen molar-refractivity contribution in [3.63, 3.8) is 0 Å². The highest BCUT2D eigenvalue weighted by atomic mass is 16.7. The molecule has 0 radical (unpaired) electrons. The highest BCUT2D eigenvalue weighted by Gasteiger charge is 2.26. The van der Waals surface area contributed by atoms with E-state index in [1.807, 2.05) is 24.3 Å². The van der Waals surface area contributed by atoms with Gasteiger partial charge in [0.25, 0.3) is 0 Å². The number of nitrogens with two attached hydrogens (primary N) is 1. The third-order valence-corrected chi connectivity index (χ3v) is 2.62. The van der Waals surface area contributed by atoms with Crippen LogP contribution in [0.2, 0.25) is 0 Å². The fourth-order valence-electron chi connectivity index (χ4n) is 1.76. The van der Waals surface area contributed by atoms with Crippen molar-refractivity contribution in [1.82, 2.24) is 0 Å². The van der Waals surface area contributed by atoms with Gasteiger partial charge in [0.05, 0.1) is 13.7 Å². The first-order valence-electron chi connectivity index (χ1n) is 5.44. The van der Waals surface area contributed by atoms with Crippen molar-refractivity contribution < 1.29 is 14.2 Å². The quantitative estimate of drug-likeness (QED) is 0.839. The molecule has 0 spiro atoms. The smallest absolute Gasteiger partial charge is 0.159 e. The van der Waals surface area contributed by atoms with Gasteiger partial charge in [-0.2, -0.15) is 0 Å². The number of ether oxygens (including phenoxy) is 3. The van der Waals surface area contributed by atoms with Gasteiger partial charge >= 0.3 is 0 Å². The number of hydrogen-bond donors (Lipinski definition) is 1. The Kier molecular flexibility index (Phi) is 3.77. The van der Waals surface area contributed by atoms with Crippen LogP contribution >= 0.6 is 0 Å². The summed E-state index contributed by atoms with van der Waals surface area (Å²) < 4.78 is 16.4. The van der Waals surface area contributed by atoms with E-state index < -0.39 is 0 Å². The van der Waals surface area contributed by atoms with Crippen LogP contribution in [0.3, 0.4) is 0 Å². The van der Waals surface area contributed by atoms with Crippen LogP contribution in [-0.2, 0) is 9.47 Å². The second-order valence-electron chi connectivity index (χ2n) is 3.74. The maximum Gasteiger partial charge on any atom is 0.159 e. The Hall–Kier alpha value is -1.10. The molecular formula is C12H17NO3. The van der Waals surface area contributed by atoms with Crippen molar-refractivity contribution in [3.05, 3.63) is 29.8 Å². The van der Waals surface area contributed by atoms with E-state index in [9.17, 15) is 0 Å². The van der Waals surface area contributed by atoms with Crippen LogP contribution in [0.25, 0.3) is 0 Å². The Morgan fingerprint density at radius 3 is 3.12 bits per heavy atom. The van der Waals surface area contributed by atoms with Crippen LogP contribution in [-0.4, -0.2) is 26.6 Å². The zero-order valence-corrected chi connectivity index (χ0v) is 9.39. The van der Waals surface area contributed by atoms with Crippen molar-refractivity contribution in [3.8, 4) is 5.75 Å². The molecule has 1 fully saturated rings. The van der Waals surface area contributed by atoms with Gasteiger partial charge in [-0.1, -0.05) is 12.1 Å². The van der Waals surface area contributed by atoms with E-state index in [0.717, 1.165) is 17.7 Å². The van der Waals surface area contributed by atoms with Gasteiger partial charge in [0.15, 0.2) is 6.29 Å². The van der Waals surface area contributed by atoms with E-state index >= 15 is 0 Å². The fraction of sp³-hybridized carbons (Fsp3) is 0.500. The average molecular weight is 223 g/mol. The fourth-order valence-corrected chi connectivity index (χ4v) is 1.76. The Morgan fingerprint density at radius 1 is 1.50 bits per heavy atom. The van der Waals surface area contributed by atoms with Gasteiger partial charge < -0.3 is 19.9 Å². The molecule has 0 amide bonds. The Bertz CT molecular complexity index is 343. The molecule has 4 heteroatoms. The van der Waals surface area contributed by atoms with Gasteiger partial charge in [0, 0.05) is 6.42 Å². The molecule has 1 aromatic carbocycles. The van der Waals surface area contributed by atoms with E-state index in [0.29, 0.717) is 13.2 Å². The zero-order valence-electron chi connectivity index (χ0n) is 9.39. The minimum Gasteiger partial charge on any atom is -0.497 e. The third kappa shape index (κ3) is 2.52. The maximum atomic E-state index is 5.73. The average Bonchev–Trinajstić information content (AvgIpc) is 2.78. The highest BCUT2D eigenvalue weighted by Crippen LogP contribution is 2.29. The van der Waals surface area contributed by atoms with Crippen molar-refractivity contribution in [2.75, 3.05) is 20.3 Å². The SMILES string of the molecule is COc1cccc(C2COC(CCN)O2)c1. The molecular weight excluding hydrogens is 206 g/mol. The monoisotopic (exact) mass is 223 g/mol. The minimum atomic E-state index is -0.166. The summed E-state index contributed by atoms with van der Waals surface area (Å²) >= 11 is 0. The van der Waals surface area contributed by atoms with Gasteiger partial charge in [-0.3, -0.25) is 0 Å². The molecule has 0 aliphatic carbocycles. The summed E-state index contributed by atoms with van der Waals surface area (Å²) in [6.45, 7) is 1.16. The normalized spacial score (nSPS) is 24.6. The molecule has 1 aromatic rings. The van der Waals surface area contributed by atoms with Gasteiger partial charge in [-0.05, 0) is 24.2 Å². The summed E-state index contributed by atoms with van der Waals surface area (Å²) in [7, 11) is 1.66. The van der Waals surface area contributed by atoms with E-state index in [-0.39, 0.29) is 12.4 Å². The van der Waals surface area contributed by atoms with E-state index in [2.05, 4.69) is 0 Å². The van der Waals surface area contributed by atoms with Crippen LogP contribution in [0.5, 0.6) is 5.75 Å². The molecule has 1 heterocycles. The lowest BCUT2D eigenvalue weighted by molar-refractivity contribution is -0.0606. The molecule has 2 atom stereocenters. The van der Waals surface area contributed by atoms with Gasteiger partial charge in [0.2, 0.25) is 0 Å². The molecule has 16 heavy (non-hydrogen) atoms. The van der Waals surface area contributed by atoms with Crippen LogP contribution in [0, 0.1) is 0 Å². The summed E-state index contributed by atoms with van der Waals surface area (Å²) in [4.78, 5) is 0. The number of rotatable bonds is 4. The second-order valence-corrected chi connectivity index (χ2v) is 3.74. The van der Waals surface area contributed by atoms with Crippen molar-refractivity contribution >= 4 is 0 Å². The second kappa shape index (κ2) is 5.30. The number of hydrogen-bond acceptors (Lipinski definition) is 4. The highest BCUT2D eigenvalue weighted by molar-refractivity contribution is 5.30. The topological polar surface area (TPSA) is 53.7 Å². The first kappa shape index (κ1) is 11.4. The molecule has 88 valence electrons. The molecule has 0 aromatic heterocycles. The maximum absolute atomic E-state index is 5.73. The largest absolute Gasteiger partial charge is 0.497 e. The number of benzene rings is 1. The zero-order chi connectivity index (χ0) is 11.4. The summed E-state index contributed by atoms with van der Waals surface area (Å²) in [5, 5.41) is 0. The van der Waals surface area contributed by atoms with Gasteiger partial charge in [0.1, 0.15) is 11.9 Å². The lowest BCUT2D eigenvalue weighted by atomic mass is 10.1. The minimum absolute atomic E-state index is 0.00773. The van der Waals surface area contributed by atoms with E-state index in [1.54, 1.807) is 7.11 Å². The lowest BCUT2D eigenvalue weighted by Crippen LogP contribution is -2.14. The summed E-state index contributed by atoms with van der Waals surface area (Å²) in [5.41, 5.74) is 6.54. The van der Waals surface area contributed by atoms with Crippen LogP contribution in [0.15, 0.2) is 24.3 Å². The molecule has 1 aliphatic rings. The molecule has 2 unspecified atom stereocenters. The van der Waals surface area contributed by atoms with Crippen LogP contribution in [0.4, 0.5) is 0 Å².